The van der Waals surface area contributed by atoms with Gasteiger partial charge in [-0.3, -0.25) is 4.79 Å². The first-order valence-corrected chi connectivity index (χ1v) is 7.83. The van der Waals surface area contributed by atoms with Crippen molar-refractivity contribution >= 4 is 11.7 Å². The molecule has 23 heavy (non-hydrogen) atoms. The van der Waals surface area contributed by atoms with Gasteiger partial charge in [-0.05, 0) is 25.0 Å². The summed E-state index contributed by atoms with van der Waals surface area (Å²) < 4.78 is 1.99. The molecule has 1 aliphatic heterocycles. The lowest BCUT2D eigenvalue weighted by Gasteiger charge is -2.33. The standard InChI is InChI=1S/C16H22N6O/c1-20(2)16(23)13-5-4-8-17-15(13)22-9-6-12(7-10-22)14-19-18-11-21(14)3/h4-5,8,11-12H,6-7,9-10H2,1-3H3. The second-order valence-electron chi connectivity index (χ2n) is 6.14. The van der Waals surface area contributed by atoms with E-state index in [0.29, 0.717) is 11.5 Å². The van der Waals surface area contributed by atoms with Crippen molar-refractivity contribution in [3.63, 3.8) is 0 Å². The number of hydrogen-bond donors (Lipinski definition) is 0. The van der Waals surface area contributed by atoms with Gasteiger partial charge in [0.05, 0.1) is 5.56 Å². The van der Waals surface area contributed by atoms with Gasteiger partial charge in [-0.1, -0.05) is 0 Å². The highest BCUT2D eigenvalue weighted by Crippen LogP contribution is 2.29. The van der Waals surface area contributed by atoms with Crippen LogP contribution in [0.1, 0.15) is 34.9 Å². The average molecular weight is 314 g/mol. The fourth-order valence-corrected chi connectivity index (χ4v) is 3.07. The maximum atomic E-state index is 12.3. The molecule has 1 aliphatic rings. The first kappa shape index (κ1) is 15.5. The van der Waals surface area contributed by atoms with Crippen molar-refractivity contribution in [1.82, 2.24) is 24.6 Å². The maximum Gasteiger partial charge on any atom is 0.257 e. The first-order chi connectivity index (χ1) is 11.1. The second kappa shape index (κ2) is 6.36. The van der Waals surface area contributed by atoms with E-state index in [4.69, 9.17) is 0 Å². The Balaban J connectivity index is 1.76. The molecule has 0 bridgehead atoms. The van der Waals surface area contributed by atoms with Crippen molar-refractivity contribution in [2.24, 2.45) is 7.05 Å². The molecule has 0 atom stereocenters. The van der Waals surface area contributed by atoms with Crippen LogP contribution in [0.25, 0.3) is 0 Å². The Morgan fingerprint density at radius 1 is 1.30 bits per heavy atom. The van der Waals surface area contributed by atoms with E-state index in [1.807, 2.05) is 23.7 Å². The number of anilines is 1. The quantitative estimate of drug-likeness (QED) is 0.854. The Morgan fingerprint density at radius 2 is 2.04 bits per heavy atom. The van der Waals surface area contributed by atoms with Gasteiger partial charge in [0, 0.05) is 46.3 Å². The molecule has 0 saturated carbocycles. The van der Waals surface area contributed by atoms with Gasteiger partial charge in [-0.25, -0.2) is 4.98 Å². The predicted octanol–water partition coefficient (Wildman–Crippen LogP) is 1.30. The van der Waals surface area contributed by atoms with Crippen LogP contribution in [0.4, 0.5) is 5.82 Å². The number of pyridine rings is 1. The predicted molar refractivity (Wildman–Crippen MR) is 87.4 cm³/mol. The van der Waals surface area contributed by atoms with Crippen molar-refractivity contribution in [2.75, 3.05) is 32.1 Å². The zero-order valence-electron chi connectivity index (χ0n) is 13.8. The van der Waals surface area contributed by atoms with Gasteiger partial charge >= 0.3 is 0 Å². The van der Waals surface area contributed by atoms with Crippen molar-refractivity contribution < 1.29 is 4.79 Å². The summed E-state index contributed by atoms with van der Waals surface area (Å²) in [6, 6.07) is 3.66. The Labute approximate surface area is 135 Å². The van der Waals surface area contributed by atoms with Gasteiger partial charge in [-0.2, -0.15) is 0 Å². The molecule has 0 radical (unpaired) electrons. The lowest BCUT2D eigenvalue weighted by Crippen LogP contribution is -2.36. The normalized spacial score (nSPS) is 15.7. The fraction of sp³-hybridized carbons (Fsp3) is 0.500. The highest BCUT2D eigenvalue weighted by atomic mass is 16.2. The minimum absolute atomic E-state index is 0.0106. The molecule has 7 heteroatoms. The third-order valence-electron chi connectivity index (χ3n) is 4.33. The van der Waals surface area contributed by atoms with Crippen LogP contribution < -0.4 is 4.90 Å². The molecule has 1 saturated heterocycles. The van der Waals surface area contributed by atoms with Gasteiger partial charge < -0.3 is 14.4 Å². The van der Waals surface area contributed by atoms with E-state index in [-0.39, 0.29) is 5.91 Å². The zero-order chi connectivity index (χ0) is 16.4. The van der Waals surface area contributed by atoms with Crippen LogP contribution in [0.5, 0.6) is 0 Å². The van der Waals surface area contributed by atoms with Crippen LogP contribution in [-0.4, -0.2) is 57.7 Å². The lowest BCUT2D eigenvalue weighted by molar-refractivity contribution is 0.0827. The van der Waals surface area contributed by atoms with Crippen molar-refractivity contribution in [1.29, 1.82) is 0 Å². The first-order valence-electron chi connectivity index (χ1n) is 7.83. The molecule has 0 N–H and O–H groups in total. The number of carbonyl (C=O) groups is 1. The summed E-state index contributed by atoms with van der Waals surface area (Å²) in [7, 11) is 5.51. The van der Waals surface area contributed by atoms with Gasteiger partial charge in [0.2, 0.25) is 0 Å². The molecule has 122 valence electrons. The fourth-order valence-electron chi connectivity index (χ4n) is 3.07. The molecule has 0 aromatic carbocycles. The molecule has 3 heterocycles. The third kappa shape index (κ3) is 3.04. The molecule has 0 spiro atoms. The van der Waals surface area contributed by atoms with Gasteiger partial charge in [0.1, 0.15) is 18.0 Å². The maximum absolute atomic E-state index is 12.3. The number of amides is 1. The summed E-state index contributed by atoms with van der Waals surface area (Å²) in [6.45, 7) is 1.73. The van der Waals surface area contributed by atoms with E-state index in [0.717, 1.165) is 37.6 Å². The molecule has 2 aromatic rings. The number of rotatable bonds is 3. The Kier molecular flexibility index (Phi) is 4.27. The average Bonchev–Trinajstić information content (AvgIpc) is 3.00. The van der Waals surface area contributed by atoms with Gasteiger partial charge in [0.15, 0.2) is 0 Å². The van der Waals surface area contributed by atoms with Crippen molar-refractivity contribution in [2.45, 2.75) is 18.8 Å². The summed E-state index contributed by atoms with van der Waals surface area (Å²) in [5, 5.41) is 8.19. The Bertz CT molecular complexity index is 687. The van der Waals surface area contributed by atoms with E-state index in [1.54, 1.807) is 31.5 Å². The van der Waals surface area contributed by atoms with E-state index in [2.05, 4.69) is 20.1 Å². The monoisotopic (exact) mass is 314 g/mol. The van der Waals surface area contributed by atoms with Gasteiger partial charge in [0.25, 0.3) is 5.91 Å². The van der Waals surface area contributed by atoms with E-state index in [9.17, 15) is 4.79 Å². The largest absolute Gasteiger partial charge is 0.356 e. The van der Waals surface area contributed by atoms with Crippen LogP contribution in [-0.2, 0) is 7.05 Å². The highest BCUT2D eigenvalue weighted by molar-refractivity contribution is 5.98. The lowest BCUT2D eigenvalue weighted by atomic mass is 9.95. The number of nitrogens with zero attached hydrogens (tertiary/aromatic N) is 6. The van der Waals surface area contributed by atoms with Crippen LogP contribution in [0, 0.1) is 0 Å². The number of hydrogen-bond acceptors (Lipinski definition) is 5. The molecule has 0 unspecified atom stereocenters. The zero-order valence-corrected chi connectivity index (χ0v) is 13.8. The van der Waals surface area contributed by atoms with Crippen LogP contribution in [0.2, 0.25) is 0 Å². The van der Waals surface area contributed by atoms with Crippen LogP contribution in [0.15, 0.2) is 24.7 Å². The summed E-state index contributed by atoms with van der Waals surface area (Å²) in [5.74, 6) is 2.22. The third-order valence-corrected chi connectivity index (χ3v) is 4.33. The minimum atomic E-state index is -0.0106. The molecule has 3 rings (SSSR count). The van der Waals surface area contributed by atoms with Gasteiger partial charge in [-0.15, -0.1) is 10.2 Å². The summed E-state index contributed by atoms with van der Waals surface area (Å²) in [6.07, 6.45) is 5.46. The topological polar surface area (TPSA) is 67.2 Å². The van der Waals surface area contributed by atoms with Crippen LogP contribution >= 0.6 is 0 Å². The minimum Gasteiger partial charge on any atom is -0.356 e. The molecular formula is C16H22N6O. The van der Waals surface area contributed by atoms with Crippen molar-refractivity contribution in [3.8, 4) is 0 Å². The molecule has 0 aliphatic carbocycles. The molecule has 1 amide bonds. The van der Waals surface area contributed by atoms with E-state index >= 15 is 0 Å². The Morgan fingerprint density at radius 3 is 2.65 bits per heavy atom. The summed E-state index contributed by atoms with van der Waals surface area (Å²) >= 11 is 0. The van der Waals surface area contributed by atoms with Crippen molar-refractivity contribution in [3.05, 3.63) is 36.0 Å². The van der Waals surface area contributed by atoms with Crippen LogP contribution in [0.3, 0.4) is 0 Å². The number of piperidine rings is 1. The smallest absolute Gasteiger partial charge is 0.257 e. The number of carbonyl (C=O) groups excluding carboxylic acids is 1. The molecule has 7 nitrogen and oxygen atoms in total. The summed E-state index contributed by atoms with van der Waals surface area (Å²) in [4.78, 5) is 20.6. The highest BCUT2D eigenvalue weighted by Gasteiger charge is 2.27. The van der Waals surface area contributed by atoms with E-state index in [1.165, 1.54) is 0 Å². The van der Waals surface area contributed by atoms with E-state index < -0.39 is 0 Å². The molecular weight excluding hydrogens is 292 g/mol. The molecule has 2 aromatic heterocycles. The number of aromatic nitrogens is 4. The summed E-state index contributed by atoms with van der Waals surface area (Å²) in [5.41, 5.74) is 0.662. The SMILES string of the molecule is CN(C)C(=O)c1cccnc1N1CCC(c2nncn2C)CC1. The second-order valence-corrected chi connectivity index (χ2v) is 6.14. The Hall–Kier alpha value is -2.44. The number of aryl methyl sites for hydroxylation is 1. The molecule has 1 fully saturated rings.